The highest BCUT2D eigenvalue weighted by Gasteiger charge is 2.07. The molecule has 28 heavy (non-hydrogen) atoms. The number of hydrogen-bond acceptors (Lipinski definition) is 3. The van der Waals surface area contributed by atoms with Crippen molar-refractivity contribution in [2.75, 3.05) is 20.2 Å². The van der Waals surface area contributed by atoms with Gasteiger partial charge in [0.1, 0.15) is 5.82 Å². The van der Waals surface area contributed by atoms with Gasteiger partial charge in [0.25, 0.3) is 0 Å². The maximum atomic E-state index is 5.90. The maximum absolute atomic E-state index is 5.90. The number of aromatic nitrogens is 2. The van der Waals surface area contributed by atoms with Gasteiger partial charge in [-0.25, -0.2) is 4.98 Å². The highest BCUT2D eigenvalue weighted by molar-refractivity contribution is 14.0. The summed E-state index contributed by atoms with van der Waals surface area (Å²) in [7, 11) is 1.78. The van der Waals surface area contributed by atoms with Crippen molar-refractivity contribution in [3.63, 3.8) is 0 Å². The molecule has 1 aromatic carbocycles. The van der Waals surface area contributed by atoms with Crippen LogP contribution in [-0.2, 0) is 17.8 Å². The standard InChI is InChI=1S/C21H33N5O.HI/c1-17(2)16-26-13-12-23-20(26)15-25-21(22-4)24-11-8-14-27-18(3)19-9-6-5-7-10-19;/h5-7,9-10,12-13,17-18H,8,11,14-16H2,1-4H3,(H2,22,24,25);1H. The molecule has 0 radical (unpaired) electrons. The molecule has 0 fully saturated rings. The molecule has 2 N–H and O–H groups in total. The molecular formula is C21H34IN5O. The lowest BCUT2D eigenvalue weighted by Gasteiger charge is -2.15. The molecule has 0 aliphatic carbocycles. The summed E-state index contributed by atoms with van der Waals surface area (Å²) in [5.74, 6) is 2.39. The van der Waals surface area contributed by atoms with Gasteiger partial charge in [0.15, 0.2) is 5.96 Å². The molecule has 1 aromatic heterocycles. The molecule has 0 saturated heterocycles. The lowest BCUT2D eigenvalue weighted by atomic mass is 10.1. The van der Waals surface area contributed by atoms with Crippen LogP contribution >= 0.6 is 24.0 Å². The minimum atomic E-state index is 0. The predicted molar refractivity (Wildman–Crippen MR) is 126 cm³/mol. The second kappa shape index (κ2) is 13.5. The van der Waals surface area contributed by atoms with Crippen LogP contribution in [0.1, 0.15) is 44.7 Å². The van der Waals surface area contributed by atoms with E-state index in [-0.39, 0.29) is 30.1 Å². The number of aliphatic imine (C=N–C) groups is 1. The van der Waals surface area contributed by atoms with Crippen LogP contribution in [0.15, 0.2) is 47.7 Å². The van der Waals surface area contributed by atoms with E-state index in [0.29, 0.717) is 19.1 Å². The first kappa shape index (κ1) is 24.4. The van der Waals surface area contributed by atoms with Crippen molar-refractivity contribution in [1.82, 2.24) is 20.2 Å². The molecule has 1 atom stereocenters. The zero-order chi connectivity index (χ0) is 19.5. The summed E-state index contributed by atoms with van der Waals surface area (Å²) in [5, 5.41) is 6.65. The molecule has 0 bridgehead atoms. The number of ether oxygens (including phenoxy) is 1. The molecule has 1 heterocycles. The summed E-state index contributed by atoms with van der Waals surface area (Å²) in [4.78, 5) is 8.71. The second-order valence-electron chi connectivity index (χ2n) is 7.02. The highest BCUT2D eigenvalue weighted by Crippen LogP contribution is 2.15. The van der Waals surface area contributed by atoms with Crippen LogP contribution in [0.4, 0.5) is 0 Å². The summed E-state index contributed by atoms with van der Waals surface area (Å²) >= 11 is 0. The van der Waals surface area contributed by atoms with Gasteiger partial charge < -0.3 is 19.9 Å². The number of nitrogens with zero attached hydrogens (tertiary/aromatic N) is 3. The van der Waals surface area contributed by atoms with Crippen LogP contribution in [0, 0.1) is 5.92 Å². The van der Waals surface area contributed by atoms with Crippen molar-refractivity contribution in [1.29, 1.82) is 0 Å². The Morgan fingerprint density at radius 2 is 1.93 bits per heavy atom. The van der Waals surface area contributed by atoms with Gasteiger partial charge in [-0.15, -0.1) is 24.0 Å². The number of imidazole rings is 1. The van der Waals surface area contributed by atoms with Crippen molar-refractivity contribution < 1.29 is 4.74 Å². The van der Waals surface area contributed by atoms with E-state index in [1.807, 2.05) is 30.6 Å². The third-order valence-electron chi connectivity index (χ3n) is 4.25. The normalized spacial score (nSPS) is 12.5. The fourth-order valence-corrected chi connectivity index (χ4v) is 2.81. The monoisotopic (exact) mass is 499 g/mol. The number of halogens is 1. The van der Waals surface area contributed by atoms with E-state index in [2.05, 4.69) is 58.1 Å². The Morgan fingerprint density at radius 3 is 2.61 bits per heavy atom. The Labute approximate surface area is 186 Å². The largest absolute Gasteiger partial charge is 0.374 e. The van der Waals surface area contributed by atoms with Crippen LogP contribution in [0.25, 0.3) is 0 Å². The summed E-state index contributed by atoms with van der Waals surface area (Å²) in [6, 6.07) is 10.3. The lowest BCUT2D eigenvalue weighted by molar-refractivity contribution is 0.0646. The van der Waals surface area contributed by atoms with Gasteiger partial charge in [-0.05, 0) is 24.8 Å². The topological polar surface area (TPSA) is 63.5 Å². The van der Waals surface area contributed by atoms with E-state index in [1.165, 1.54) is 5.56 Å². The molecule has 156 valence electrons. The van der Waals surface area contributed by atoms with Gasteiger partial charge in [0.2, 0.25) is 0 Å². The Bertz CT molecular complexity index is 687. The van der Waals surface area contributed by atoms with Crippen molar-refractivity contribution in [3.8, 4) is 0 Å². The van der Waals surface area contributed by atoms with Gasteiger partial charge >= 0.3 is 0 Å². The van der Waals surface area contributed by atoms with Gasteiger partial charge in [-0.2, -0.15) is 0 Å². The molecule has 0 amide bonds. The molecule has 7 heteroatoms. The summed E-state index contributed by atoms with van der Waals surface area (Å²) in [5.41, 5.74) is 1.21. The highest BCUT2D eigenvalue weighted by atomic mass is 127. The Balaban J connectivity index is 0.00000392. The average Bonchev–Trinajstić information content (AvgIpc) is 3.10. The Kier molecular flexibility index (Phi) is 11.8. The molecule has 6 nitrogen and oxygen atoms in total. The molecule has 0 aliphatic rings. The molecule has 2 aromatic rings. The minimum Gasteiger partial charge on any atom is -0.374 e. The third kappa shape index (κ3) is 8.60. The molecule has 1 unspecified atom stereocenters. The number of nitrogens with one attached hydrogen (secondary N) is 2. The lowest BCUT2D eigenvalue weighted by Crippen LogP contribution is -2.38. The van der Waals surface area contributed by atoms with Crippen molar-refractivity contribution >= 4 is 29.9 Å². The van der Waals surface area contributed by atoms with E-state index < -0.39 is 0 Å². The van der Waals surface area contributed by atoms with Gasteiger partial charge in [0, 0.05) is 39.1 Å². The second-order valence-corrected chi connectivity index (χ2v) is 7.02. The van der Waals surface area contributed by atoms with Crippen LogP contribution in [0.3, 0.4) is 0 Å². The maximum Gasteiger partial charge on any atom is 0.191 e. The van der Waals surface area contributed by atoms with Gasteiger partial charge in [-0.3, -0.25) is 4.99 Å². The SMILES string of the molecule is CN=C(NCCCOC(C)c1ccccc1)NCc1nccn1CC(C)C.I. The van der Waals surface area contributed by atoms with Crippen molar-refractivity contribution in [2.24, 2.45) is 10.9 Å². The average molecular weight is 499 g/mol. The number of rotatable bonds is 10. The molecule has 0 spiro atoms. The van der Waals surface area contributed by atoms with Gasteiger partial charge in [-0.1, -0.05) is 44.2 Å². The first-order chi connectivity index (χ1) is 13.1. The third-order valence-corrected chi connectivity index (χ3v) is 4.25. The molecule has 0 saturated carbocycles. The van der Waals surface area contributed by atoms with Crippen molar-refractivity contribution in [2.45, 2.75) is 46.4 Å². The predicted octanol–water partition coefficient (Wildman–Crippen LogP) is 3.99. The van der Waals surface area contributed by atoms with E-state index in [1.54, 1.807) is 7.05 Å². The van der Waals surface area contributed by atoms with Crippen LogP contribution < -0.4 is 10.6 Å². The fourth-order valence-electron chi connectivity index (χ4n) is 2.81. The van der Waals surface area contributed by atoms with Crippen molar-refractivity contribution in [3.05, 3.63) is 54.1 Å². The summed E-state index contributed by atoms with van der Waals surface area (Å²) in [6.45, 7) is 9.64. The fraction of sp³-hybridized carbons (Fsp3) is 0.524. The molecule has 2 rings (SSSR count). The zero-order valence-corrected chi connectivity index (χ0v) is 19.7. The Hall–Kier alpha value is -1.61. The van der Waals surface area contributed by atoms with E-state index in [4.69, 9.17) is 4.74 Å². The number of benzene rings is 1. The van der Waals surface area contributed by atoms with E-state index >= 15 is 0 Å². The van der Waals surface area contributed by atoms with Crippen LogP contribution in [-0.4, -0.2) is 35.7 Å². The Morgan fingerprint density at radius 1 is 1.18 bits per heavy atom. The molecular weight excluding hydrogens is 465 g/mol. The summed E-state index contributed by atoms with van der Waals surface area (Å²) < 4.78 is 8.09. The smallest absolute Gasteiger partial charge is 0.191 e. The molecule has 0 aliphatic heterocycles. The quantitative estimate of drug-likeness (QED) is 0.225. The number of guanidine groups is 1. The van der Waals surface area contributed by atoms with Crippen LogP contribution in [0.2, 0.25) is 0 Å². The van der Waals surface area contributed by atoms with Gasteiger partial charge in [0.05, 0.1) is 12.6 Å². The van der Waals surface area contributed by atoms with E-state index in [0.717, 1.165) is 31.3 Å². The zero-order valence-electron chi connectivity index (χ0n) is 17.4. The minimum absolute atomic E-state index is 0. The van der Waals surface area contributed by atoms with E-state index in [9.17, 15) is 0 Å². The first-order valence-corrected chi connectivity index (χ1v) is 9.71. The number of hydrogen-bond donors (Lipinski definition) is 2. The first-order valence-electron chi connectivity index (χ1n) is 9.71. The van der Waals surface area contributed by atoms with Crippen LogP contribution in [0.5, 0.6) is 0 Å². The summed E-state index contributed by atoms with van der Waals surface area (Å²) in [6.07, 6.45) is 4.91.